The number of rotatable bonds is 6. The number of nitrogens with one attached hydrogen (secondary N) is 2. The van der Waals surface area contributed by atoms with Gasteiger partial charge in [0.1, 0.15) is 11.4 Å². The SMILES string of the molecule is Cc1cccc(NC(=O)c2ccccc2NC(=O)CSc2ncnc3ccccc23)c1. The summed E-state index contributed by atoms with van der Waals surface area (Å²) in [5.41, 5.74) is 3.45. The van der Waals surface area contributed by atoms with Crippen LogP contribution in [0.2, 0.25) is 0 Å². The van der Waals surface area contributed by atoms with Gasteiger partial charge in [0.15, 0.2) is 0 Å². The zero-order valence-corrected chi connectivity index (χ0v) is 17.6. The van der Waals surface area contributed by atoms with E-state index < -0.39 is 0 Å². The summed E-state index contributed by atoms with van der Waals surface area (Å²) in [7, 11) is 0. The fraction of sp³-hybridized carbons (Fsp3) is 0.0833. The number of anilines is 2. The molecule has 0 saturated carbocycles. The smallest absolute Gasteiger partial charge is 0.257 e. The Bertz CT molecular complexity index is 1250. The van der Waals surface area contributed by atoms with E-state index in [4.69, 9.17) is 0 Å². The van der Waals surface area contributed by atoms with E-state index in [0.717, 1.165) is 21.5 Å². The summed E-state index contributed by atoms with van der Waals surface area (Å²) in [6.45, 7) is 1.96. The van der Waals surface area contributed by atoms with Gasteiger partial charge >= 0.3 is 0 Å². The van der Waals surface area contributed by atoms with Crippen molar-refractivity contribution in [2.24, 2.45) is 0 Å². The van der Waals surface area contributed by atoms with Gasteiger partial charge in [0.2, 0.25) is 5.91 Å². The number of benzene rings is 3. The number of para-hydroxylation sites is 2. The van der Waals surface area contributed by atoms with Crippen molar-refractivity contribution < 1.29 is 9.59 Å². The van der Waals surface area contributed by atoms with Gasteiger partial charge in [-0.15, -0.1) is 0 Å². The van der Waals surface area contributed by atoms with Crippen LogP contribution in [0, 0.1) is 6.92 Å². The van der Waals surface area contributed by atoms with Gasteiger partial charge in [-0.25, -0.2) is 9.97 Å². The van der Waals surface area contributed by atoms with E-state index in [2.05, 4.69) is 20.6 Å². The molecule has 0 radical (unpaired) electrons. The average Bonchev–Trinajstić information content (AvgIpc) is 2.78. The third-order valence-electron chi connectivity index (χ3n) is 4.57. The molecule has 31 heavy (non-hydrogen) atoms. The molecule has 3 aromatic carbocycles. The second-order valence-electron chi connectivity index (χ2n) is 6.90. The Morgan fingerprint density at radius 3 is 2.58 bits per heavy atom. The molecule has 6 nitrogen and oxygen atoms in total. The first-order valence-electron chi connectivity index (χ1n) is 9.69. The van der Waals surface area contributed by atoms with E-state index in [9.17, 15) is 9.59 Å². The molecule has 0 unspecified atom stereocenters. The number of amides is 2. The first-order chi connectivity index (χ1) is 15.1. The number of thioether (sulfide) groups is 1. The number of carbonyl (C=O) groups is 2. The summed E-state index contributed by atoms with van der Waals surface area (Å²) < 4.78 is 0. The first kappa shape index (κ1) is 20.6. The largest absolute Gasteiger partial charge is 0.325 e. The number of carbonyl (C=O) groups excluding carboxylic acids is 2. The number of fused-ring (bicyclic) bond motifs is 1. The lowest BCUT2D eigenvalue weighted by molar-refractivity contribution is -0.113. The molecular formula is C24H20N4O2S. The summed E-state index contributed by atoms with van der Waals surface area (Å²) >= 11 is 1.33. The Balaban J connectivity index is 1.44. The Labute approximate surface area is 184 Å². The minimum absolute atomic E-state index is 0.162. The molecular weight excluding hydrogens is 408 g/mol. The monoisotopic (exact) mass is 428 g/mol. The number of hydrogen-bond donors (Lipinski definition) is 2. The normalized spacial score (nSPS) is 10.6. The van der Waals surface area contributed by atoms with Crippen molar-refractivity contribution in [3.8, 4) is 0 Å². The van der Waals surface area contributed by atoms with Gasteiger partial charge in [-0.2, -0.15) is 0 Å². The van der Waals surface area contributed by atoms with Crippen LogP contribution < -0.4 is 10.6 Å². The van der Waals surface area contributed by atoms with Gasteiger partial charge in [-0.3, -0.25) is 9.59 Å². The van der Waals surface area contributed by atoms with Crippen LogP contribution >= 0.6 is 11.8 Å². The zero-order chi connectivity index (χ0) is 21.6. The highest BCUT2D eigenvalue weighted by atomic mass is 32.2. The van der Waals surface area contributed by atoms with Crippen LogP contribution in [0.25, 0.3) is 10.9 Å². The van der Waals surface area contributed by atoms with Crippen LogP contribution in [0.15, 0.2) is 84.1 Å². The second kappa shape index (κ2) is 9.40. The van der Waals surface area contributed by atoms with E-state index in [1.54, 1.807) is 24.3 Å². The summed E-state index contributed by atoms with van der Waals surface area (Å²) in [5.74, 6) is -0.339. The highest BCUT2D eigenvalue weighted by Crippen LogP contribution is 2.25. The average molecular weight is 429 g/mol. The summed E-state index contributed by atoms with van der Waals surface area (Å²) in [6.07, 6.45) is 1.49. The van der Waals surface area contributed by atoms with E-state index in [1.165, 1.54) is 18.1 Å². The Morgan fingerprint density at radius 2 is 1.71 bits per heavy atom. The van der Waals surface area contributed by atoms with Gasteiger partial charge in [0.25, 0.3) is 5.91 Å². The number of nitrogens with zero attached hydrogens (tertiary/aromatic N) is 2. The summed E-state index contributed by atoms with van der Waals surface area (Å²) in [4.78, 5) is 33.9. The van der Waals surface area contributed by atoms with Crippen molar-refractivity contribution >= 4 is 45.9 Å². The number of hydrogen-bond acceptors (Lipinski definition) is 5. The molecule has 4 aromatic rings. The maximum absolute atomic E-state index is 12.8. The summed E-state index contributed by atoms with van der Waals surface area (Å²) in [5, 5.41) is 7.37. The van der Waals surface area contributed by atoms with Crippen molar-refractivity contribution in [2.75, 3.05) is 16.4 Å². The van der Waals surface area contributed by atoms with Gasteiger partial charge in [0, 0.05) is 11.1 Å². The molecule has 1 heterocycles. The van der Waals surface area contributed by atoms with Crippen molar-refractivity contribution in [3.05, 3.63) is 90.3 Å². The third-order valence-corrected chi connectivity index (χ3v) is 5.57. The molecule has 0 fully saturated rings. The van der Waals surface area contributed by atoms with Crippen LogP contribution in [0.3, 0.4) is 0 Å². The van der Waals surface area contributed by atoms with Gasteiger partial charge in [-0.1, -0.05) is 54.2 Å². The Morgan fingerprint density at radius 1 is 0.903 bits per heavy atom. The fourth-order valence-electron chi connectivity index (χ4n) is 3.13. The van der Waals surface area contributed by atoms with E-state index in [-0.39, 0.29) is 17.6 Å². The minimum Gasteiger partial charge on any atom is -0.325 e. The molecule has 0 spiro atoms. The molecule has 0 bridgehead atoms. The molecule has 0 aliphatic heterocycles. The molecule has 0 aliphatic carbocycles. The maximum atomic E-state index is 12.8. The maximum Gasteiger partial charge on any atom is 0.257 e. The van der Waals surface area contributed by atoms with Crippen molar-refractivity contribution in [1.29, 1.82) is 0 Å². The van der Waals surface area contributed by atoms with Crippen molar-refractivity contribution in [3.63, 3.8) is 0 Å². The van der Waals surface area contributed by atoms with Crippen LogP contribution in [0.1, 0.15) is 15.9 Å². The van der Waals surface area contributed by atoms with Crippen LogP contribution in [0.4, 0.5) is 11.4 Å². The first-order valence-corrected chi connectivity index (χ1v) is 10.7. The van der Waals surface area contributed by atoms with Gasteiger partial charge in [-0.05, 0) is 42.8 Å². The van der Waals surface area contributed by atoms with Crippen LogP contribution in [0.5, 0.6) is 0 Å². The Hall–Kier alpha value is -3.71. The Kier molecular flexibility index (Phi) is 6.24. The summed E-state index contributed by atoms with van der Waals surface area (Å²) in [6, 6.07) is 22.2. The van der Waals surface area contributed by atoms with Gasteiger partial charge < -0.3 is 10.6 Å². The van der Waals surface area contributed by atoms with Crippen LogP contribution in [-0.2, 0) is 4.79 Å². The molecule has 7 heteroatoms. The second-order valence-corrected chi connectivity index (χ2v) is 7.87. The molecule has 0 aliphatic rings. The number of aromatic nitrogens is 2. The lowest BCUT2D eigenvalue weighted by Crippen LogP contribution is -2.19. The highest BCUT2D eigenvalue weighted by molar-refractivity contribution is 8.00. The standard InChI is InChI=1S/C24H20N4O2S/c1-16-7-6-8-17(13-16)27-23(30)18-9-2-5-12-21(18)28-22(29)14-31-24-19-10-3-4-11-20(19)25-15-26-24/h2-13,15H,14H2,1H3,(H,27,30)(H,28,29). The highest BCUT2D eigenvalue weighted by Gasteiger charge is 2.14. The lowest BCUT2D eigenvalue weighted by atomic mass is 10.1. The molecule has 4 rings (SSSR count). The van der Waals surface area contributed by atoms with Crippen molar-refractivity contribution in [2.45, 2.75) is 11.9 Å². The molecule has 154 valence electrons. The van der Waals surface area contributed by atoms with E-state index in [1.807, 2.05) is 55.5 Å². The molecule has 1 aromatic heterocycles. The predicted molar refractivity (Wildman–Crippen MR) is 124 cm³/mol. The van der Waals surface area contributed by atoms with Gasteiger partial charge in [0.05, 0.1) is 22.5 Å². The molecule has 2 amide bonds. The molecule has 2 N–H and O–H groups in total. The third kappa shape index (κ3) is 5.07. The van der Waals surface area contributed by atoms with Crippen LogP contribution in [-0.4, -0.2) is 27.5 Å². The fourth-order valence-corrected chi connectivity index (χ4v) is 3.92. The number of aryl methyl sites for hydroxylation is 1. The molecule has 0 atom stereocenters. The van der Waals surface area contributed by atoms with Crippen molar-refractivity contribution in [1.82, 2.24) is 9.97 Å². The quantitative estimate of drug-likeness (QED) is 0.336. The zero-order valence-electron chi connectivity index (χ0n) is 16.8. The molecule has 0 saturated heterocycles. The minimum atomic E-state index is -0.282. The topological polar surface area (TPSA) is 84.0 Å². The lowest BCUT2D eigenvalue weighted by Gasteiger charge is -2.12. The predicted octanol–water partition coefficient (Wildman–Crippen LogP) is 4.92. The van der Waals surface area contributed by atoms with E-state index in [0.29, 0.717) is 16.9 Å². The van der Waals surface area contributed by atoms with E-state index >= 15 is 0 Å².